The van der Waals surface area contributed by atoms with Crippen molar-refractivity contribution in [2.24, 2.45) is 0 Å². The number of nitrogens with one attached hydrogen (secondary N) is 1. The molecule has 0 aliphatic heterocycles. The number of aromatic amines is 1. The van der Waals surface area contributed by atoms with E-state index in [4.69, 9.17) is 0 Å². The lowest BCUT2D eigenvalue weighted by Crippen LogP contribution is -2.07. The molecular formula is C14H16N2O2S. The topological polar surface area (TPSA) is 66.0 Å². The van der Waals surface area contributed by atoms with Crippen LogP contribution in [0.15, 0.2) is 45.2 Å². The van der Waals surface area contributed by atoms with E-state index in [1.807, 2.05) is 31.2 Å². The Kier molecular flexibility index (Phi) is 4.39. The van der Waals surface area contributed by atoms with Gasteiger partial charge in [0.2, 0.25) is 0 Å². The van der Waals surface area contributed by atoms with E-state index < -0.39 is 6.10 Å². The summed E-state index contributed by atoms with van der Waals surface area (Å²) >= 11 is 1.40. The summed E-state index contributed by atoms with van der Waals surface area (Å²) in [6.07, 6.45) is 0.273. The molecule has 0 fully saturated rings. The molecule has 2 aromatic rings. The Morgan fingerprint density at radius 2 is 2.05 bits per heavy atom. The van der Waals surface area contributed by atoms with Crippen molar-refractivity contribution in [3.8, 4) is 0 Å². The maximum atomic E-state index is 11.3. The molecule has 0 aliphatic carbocycles. The lowest BCUT2D eigenvalue weighted by atomic mass is 10.1. The number of aryl methyl sites for hydroxylation is 1. The Bertz CT molecular complexity index is 608. The van der Waals surface area contributed by atoms with Crippen LogP contribution in [0.3, 0.4) is 0 Å². The van der Waals surface area contributed by atoms with Gasteiger partial charge in [-0.1, -0.05) is 30.8 Å². The first kappa shape index (κ1) is 13.8. The van der Waals surface area contributed by atoms with Gasteiger partial charge in [0.1, 0.15) is 0 Å². The van der Waals surface area contributed by atoms with Gasteiger partial charge >= 0.3 is 0 Å². The summed E-state index contributed by atoms with van der Waals surface area (Å²) in [7, 11) is 0. The van der Waals surface area contributed by atoms with Crippen molar-refractivity contribution in [2.75, 3.05) is 0 Å². The molecule has 0 unspecified atom stereocenters. The van der Waals surface area contributed by atoms with Crippen LogP contribution in [0.5, 0.6) is 0 Å². The molecule has 0 radical (unpaired) electrons. The molecule has 1 aromatic carbocycles. The van der Waals surface area contributed by atoms with Crippen molar-refractivity contribution >= 4 is 11.8 Å². The first-order valence-electron chi connectivity index (χ1n) is 6.12. The second kappa shape index (κ2) is 6.04. The summed E-state index contributed by atoms with van der Waals surface area (Å²) in [5, 5.41) is 10.3. The van der Waals surface area contributed by atoms with E-state index in [2.05, 4.69) is 9.97 Å². The van der Waals surface area contributed by atoms with Crippen molar-refractivity contribution in [1.82, 2.24) is 9.97 Å². The molecule has 1 aromatic heterocycles. The van der Waals surface area contributed by atoms with Gasteiger partial charge in [-0.3, -0.25) is 4.79 Å². The lowest BCUT2D eigenvalue weighted by molar-refractivity contribution is 0.173. The van der Waals surface area contributed by atoms with E-state index in [1.165, 1.54) is 17.8 Å². The van der Waals surface area contributed by atoms with E-state index in [9.17, 15) is 9.90 Å². The summed E-state index contributed by atoms with van der Waals surface area (Å²) in [5.41, 5.74) is 1.45. The zero-order valence-corrected chi connectivity index (χ0v) is 11.7. The first-order valence-corrected chi connectivity index (χ1v) is 6.94. The highest BCUT2D eigenvalue weighted by molar-refractivity contribution is 7.99. The number of H-pyrrole nitrogens is 1. The molecule has 0 amide bonds. The Morgan fingerprint density at radius 3 is 2.63 bits per heavy atom. The van der Waals surface area contributed by atoms with Gasteiger partial charge in [-0.05, 0) is 31.0 Å². The van der Waals surface area contributed by atoms with Gasteiger partial charge in [-0.2, -0.15) is 0 Å². The van der Waals surface area contributed by atoms with Crippen molar-refractivity contribution < 1.29 is 5.11 Å². The first-order chi connectivity index (χ1) is 9.08. The Hall–Kier alpha value is -1.59. The molecule has 0 bridgehead atoms. The largest absolute Gasteiger partial charge is 0.388 e. The molecule has 0 spiro atoms. The Morgan fingerprint density at radius 1 is 1.37 bits per heavy atom. The predicted molar refractivity (Wildman–Crippen MR) is 75.4 cm³/mol. The summed E-state index contributed by atoms with van der Waals surface area (Å²) < 4.78 is 0. The van der Waals surface area contributed by atoms with Crippen LogP contribution in [0.2, 0.25) is 0 Å². The van der Waals surface area contributed by atoms with Gasteiger partial charge < -0.3 is 10.1 Å². The highest BCUT2D eigenvalue weighted by Gasteiger charge is 2.05. The minimum Gasteiger partial charge on any atom is -0.388 e. The number of hydrogen-bond donors (Lipinski definition) is 2. The summed E-state index contributed by atoms with van der Waals surface area (Å²) in [6, 6.07) is 9.09. The minimum atomic E-state index is -0.420. The van der Waals surface area contributed by atoms with E-state index >= 15 is 0 Å². The van der Waals surface area contributed by atoms with Crippen LogP contribution in [0.1, 0.15) is 30.7 Å². The number of aromatic nitrogens is 2. The Labute approximate surface area is 115 Å². The molecule has 0 saturated carbocycles. The fourth-order valence-corrected chi connectivity index (χ4v) is 2.54. The number of aliphatic hydroxyl groups excluding tert-OH is 1. The normalized spacial score (nSPS) is 12.4. The van der Waals surface area contributed by atoms with Gasteiger partial charge in [-0.15, -0.1) is 0 Å². The number of benzene rings is 1. The van der Waals surface area contributed by atoms with Gasteiger partial charge in [0.25, 0.3) is 5.56 Å². The third-order valence-electron chi connectivity index (χ3n) is 2.71. The van der Waals surface area contributed by atoms with E-state index in [0.717, 1.165) is 10.5 Å². The SMILES string of the molecule is CC[C@H](O)c1ccc(Sc2nc(C)cc(=O)[nH]2)cc1. The highest BCUT2D eigenvalue weighted by Crippen LogP contribution is 2.26. The van der Waals surface area contributed by atoms with E-state index in [1.54, 1.807) is 6.92 Å². The van der Waals surface area contributed by atoms with Crippen LogP contribution >= 0.6 is 11.8 Å². The molecule has 1 atom stereocenters. The van der Waals surface area contributed by atoms with Crippen LogP contribution in [0, 0.1) is 6.92 Å². The van der Waals surface area contributed by atoms with Crippen molar-refractivity contribution in [3.63, 3.8) is 0 Å². The van der Waals surface area contributed by atoms with E-state index in [-0.39, 0.29) is 5.56 Å². The fourth-order valence-electron chi connectivity index (χ4n) is 1.71. The van der Waals surface area contributed by atoms with Gasteiger partial charge in [0.05, 0.1) is 6.10 Å². The molecule has 0 aliphatic rings. The molecule has 100 valence electrons. The fraction of sp³-hybridized carbons (Fsp3) is 0.286. The average molecular weight is 276 g/mol. The molecule has 0 saturated heterocycles. The zero-order chi connectivity index (χ0) is 13.8. The third-order valence-corrected chi connectivity index (χ3v) is 3.61. The van der Waals surface area contributed by atoms with Crippen LogP contribution in [-0.4, -0.2) is 15.1 Å². The van der Waals surface area contributed by atoms with Gasteiger partial charge in [0, 0.05) is 16.7 Å². The number of aliphatic hydroxyl groups is 1. The number of nitrogens with zero attached hydrogens (tertiary/aromatic N) is 1. The quantitative estimate of drug-likeness (QED) is 0.843. The van der Waals surface area contributed by atoms with Crippen molar-refractivity contribution in [1.29, 1.82) is 0 Å². The predicted octanol–water partition coefficient (Wildman–Crippen LogP) is 2.67. The Balaban J connectivity index is 2.17. The van der Waals surface area contributed by atoms with Crippen LogP contribution in [0.25, 0.3) is 0 Å². The second-order valence-corrected chi connectivity index (χ2v) is 5.35. The maximum absolute atomic E-state index is 11.3. The van der Waals surface area contributed by atoms with Crippen molar-refractivity contribution in [3.05, 3.63) is 51.9 Å². The smallest absolute Gasteiger partial charge is 0.251 e. The van der Waals surface area contributed by atoms with Gasteiger partial charge in [-0.25, -0.2) is 4.98 Å². The highest BCUT2D eigenvalue weighted by atomic mass is 32.2. The average Bonchev–Trinajstić information content (AvgIpc) is 2.37. The van der Waals surface area contributed by atoms with Crippen molar-refractivity contribution in [2.45, 2.75) is 36.4 Å². The zero-order valence-electron chi connectivity index (χ0n) is 10.9. The number of rotatable bonds is 4. The minimum absolute atomic E-state index is 0.145. The lowest BCUT2D eigenvalue weighted by Gasteiger charge is -2.08. The molecular weight excluding hydrogens is 260 g/mol. The molecule has 1 heterocycles. The number of hydrogen-bond acceptors (Lipinski definition) is 4. The summed E-state index contributed by atoms with van der Waals surface area (Å²) in [5.74, 6) is 0. The monoisotopic (exact) mass is 276 g/mol. The van der Waals surface area contributed by atoms with Gasteiger partial charge in [0.15, 0.2) is 5.16 Å². The molecule has 2 N–H and O–H groups in total. The van der Waals surface area contributed by atoms with Crippen LogP contribution < -0.4 is 5.56 Å². The van der Waals surface area contributed by atoms with E-state index in [0.29, 0.717) is 17.3 Å². The maximum Gasteiger partial charge on any atom is 0.251 e. The second-order valence-electron chi connectivity index (χ2n) is 4.29. The van der Waals surface area contributed by atoms with Crippen LogP contribution in [-0.2, 0) is 0 Å². The standard InChI is InChI=1S/C14H16N2O2S/c1-3-12(17)10-4-6-11(7-5-10)19-14-15-9(2)8-13(18)16-14/h4-8,12,17H,3H2,1-2H3,(H,15,16,18)/t12-/m0/s1. The molecule has 4 nitrogen and oxygen atoms in total. The molecule has 2 rings (SSSR count). The van der Waals surface area contributed by atoms with Crippen LogP contribution in [0.4, 0.5) is 0 Å². The molecule has 5 heteroatoms. The summed E-state index contributed by atoms with van der Waals surface area (Å²) in [6.45, 7) is 3.73. The summed E-state index contributed by atoms with van der Waals surface area (Å²) in [4.78, 5) is 19.3. The third kappa shape index (κ3) is 3.68. The molecule has 19 heavy (non-hydrogen) atoms.